The van der Waals surface area contributed by atoms with Gasteiger partial charge in [0.05, 0.1) is 37.4 Å². The Morgan fingerprint density at radius 3 is 2.62 bits per heavy atom. The van der Waals surface area contributed by atoms with Gasteiger partial charge >= 0.3 is 0 Å². The topological polar surface area (TPSA) is 67.9 Å². The van der Waals surface area contributed by atoms with Gasteiger partial charge in [0, 0.05) is 23.2 Å². The Hall–Kier alpha value is -2.44. The number of halogens is 2. The molecule has 0 radical (unpaired) electrons. The van der Waals surface area contributed by atoms with E-state index in [9.17, 15) is 9.59 Å². The Morgan fingerprint density at radius 2 is 1.93 bits per heavy atom. The number of rotatable bonds is 6. The normalized spacial score (nSPS) is 15.9. The van der Waals surface area contributed by atoms with Gasteiger partial charge in [0.1, 0.15) is 11.5 Å². The number of nitrogens with zero attached hydrogens (tertiary/aromatic N) is 1. The predicted octanol–water partition coefficient (Wildman–Crippen LogP) is 4.10. The molecular weight excluding hydrogens is 415 g/mol. The van der Waals surface area contributed by atoms with Crippen LogP contribution in [0.15, 0.2) is 36.4 Å². The summed E-state index contributed by atoms with van der Waals surface area (Å²) in [7, 11) is 3.19. The van der Waals surface area contributed by atoms with Crippen molar-refractivity contribution in [2.24, 2.45) is 0 Å². The van der Waals surface area contributed by atoms with Crippen molar-refractivity contribution >= 4 is 35.0 Å². The van der Waals surface area contributed by atoms with Crippen molar-refractivity contribution in [3.63, 3.8) is 0 Å². The Balaban J connectivity index is 1.69. The van der Waals surface area contributed by atoms with Crippen LogP contribution >= 0.6 is 23.2 Å². The molecule has 8 heteroatoms. The molecule has 1 aliphatic heterocycles. The number of benzene rings is 2. The van der Waals surface area contributed by atoms with E-state index in [-0.39, 0.29) is 29.1 Å². The molecule has 6 nitrogen and oxygen atoms in total. The lowest BCUT2D eigenvalue weighted by Crippen LogP contribution is -2.40. The highest BCUT2D eigenvalue weighted by atomic mass is 35.5. The molecule has 1 aliphatic rings. The molecular formula is C21H22Cl2N2O4. The standard InChI is InChI=1S/C21H22Cl2N2O4/c1-28-14-6-8-16(19(11-14)29-2)18-4-3-9-25(18)20(26)12-24-21(27)15-7-5-13(22)10-17(15)23/h5-8,10-11,18H,3-4,9,12H2,1-2H3,(H,24,27)/t18-/m1/s1. The zero-order chi connectivity index (χ0) is 21.0. The molecule has 0 spiro atoms. The van der Waals surface area contributed by atoms with Gasteiger partial charge in [-0.1, -0.05) is 23.2 Å². The zero-order valence-corrected chi connectivity index (χ0v) is 17.7. The van der Waals surface area contributed by atoms with Gasteiger partial charge in [-0.3, -0.25) is 9.59 Å². The largest absolute Gasteiger partial charge is 0.497 e. The first-order chi connectivity index (χ1) is 13.9. The van der Waals surface area contributed by atoms with E-state index >= 15 is 0 Å². The number of likely N-dealkylation sites (tertiary alicyclic amines) is 1. The SMILES string of the molecule is COc1ccc([C@H]2CCCN2C(=O)CNC(=O)c2ccc(Cl)cc2Cl)c(OC)c1. The first-order valence-electron chi connectivity index (χ1n) is 9.19. The van der Waals surface area contributed by atoms with Crippen LogP contribution in [0.2, 0.25) is 10.0 Å². The highest BCUT2D eigenvalue weighted by molar-refractivity contribution is 6.36. The van der Waals surface area contributed by atoms with E-state index in [0.717, 1.165) is 18.4 Å². The predicted molar refractivity (Wildman–Crippen MR) is 112 cm³/mol. The number of nitrogens with one attached hydrogen (secondary N) is 1. The summed E-state index contributed by atoms with van der Waals surface area (Å²) in [5.74, 6) is 0.779. The van der Waals surface area contributed by atoms with Gasteiger partial charge in [-0.25, -0.2) is 0 Å². The van der Waals surface area contributed by atoms with Crippen LogP contribution in [0.1, 0.15) is 34.8 Å². The first kappa shape index (κ1) is 21.3. The molecule has 1 N–H and O–H groups in total. The van der Waals surface area contributed by atoms with Gasteiger partial charge in [-0.2, -0.15) is 0 Å². The number of hydrogen-bond acceptors (Lipinski definition) is 4. The van der Waals surface area contributed by atoms with Crippen molar-refractivity contribution in [2.75, 3.05) is 27.3 Å². The van der Waals surface area contributed by atoms with E-state index in [0.29, 0.717) is 23.1 Å². The van der Waals surface area contributed by atoms with Gasteiger partial charge in [-0.15, -0.1) is 0 Å². The van der Waals surface area contributed by atoms with Crippen molar-refractivity contribution in [1.82, 2.24) is 10.2 Å². The van der Waals surface area contributed by atoms with Crippen LogP contribution in [0.25, 0.3) is 0 Å². The third-order valence-electron chi connectivity index (χ3n) is 4.95. The van der Waals surface area contributed by atoms with Crippen molar-refractivity contribution in [2.45, 2.75) is 18.9 Å². The third-order valence-corrected chi connectivity index (χ3v) is 5.50. The molecule has 2 aromatic rings. The molecule has 0 aromatic heterocycles. The minimum absolute atomic E-state index is 0.112. The molecule has 1 atom stereocenters. The molecule has 1 heterocycles. The molecule has 0 aliphatic carbocycles. The summed E-state index contributed by atoms with van der Waals surface area (Å²) < 4.78 is 10.7. The van der Waals surface area contributed by atoms with Gasteiger partial charge in [0.15, 0.2) is 0 Å². The summed E-state index contributed by atoms with van der Waals surface area (Å²) in [6, 6.07) is 10.1. The second-order valence-corrected chi connectivity index (χ2v) is 7.50. The van der Waals surface area contributed by atoms with Crippen molar-refractivity contribution in [3.8, 4) is 11.5 Å². The van der Waals surface area contributed by atoms with Crippen LogP contribution in [0.4, 0.5) is 0 Å². The summed E-state index contributed by atoms with van der Waals surface area (Å²) in [5, 5.41) is 3.33. The second-order valence-electron chi connectivity index (χ2n) is 6.66. The van der Waals surface area contributed by atoms with Crippen LogP contribution in [-0.4, -0.2) is 44.0 Å². The Bertz CT molecular complexity index is 920. The lowest BCUT2D eigenvalue weighted by atomic mass is 10.0. The fraction of sp³-hybridized carbons (Fsp3) is 0.333. The zero-order valence-electron chi connectivity index (χ0n) is 16.2. The van der Waals surface area contributed by atoms with Crippen molar-refractivity contribution in [3.05, 3.63) is 57.6 Å². The minimum Gasteiger partial charge on any atom is -0.497 e. The van der Waals surface area contributed by atoms with E-state index in [1.54, 1.807) is 31.3 Å². The average Bonchev–Trinajstić information content (AvgIpc) is 3.21. The lowest BCUT2D eigenvalue weighted by Gasteiger charge is -2.26. The number of hydrogen-bond donors (Lipinski definition) is 1. The number of methoxy groups -OCH3 is 2. The quantitative estimate of drug-likeness (QED) is 0.739. The summed E-state index contributed by atoms with van der Waals surface area (Å²) in [6.07, 6.45) is 1.70. The molecule has 29 heavy (non-hydrogen) atoms. The summed E-state index contributed by atoms with van der Waals surface area (Å²) >= 11 is 11.9. The molecule has 3 rings (SSSR count). The van der Waals surface area contributed by atoms with Crippen molar-refractivity contribution < 1.29 is 19.1 Å². The van der Waals surface area contributed by atoms with Crippen LogP contribution in [-0.2, 0) is 4.79 Å². The Kier molecular flexibility index (Phi) is 6.87. The molecule has 1 fully saturated rings. The lowest BCUT2D eigenvalue weighted by molar-refractivity contribution is -0.131. The second kappa shape index (κ2) is 9.37. The van der Waals surface area contributed by atoms with Crippen LogP contribution in [0.5, 0.6) is 11.5 Å². The van der Waals surface area contributed by atoms with Gasteiger partial charge in [0.25, 0.3) is 5.91 Å². The maximum absolute atomic E-state index is 12.8. The number of carbonyl (C=O) groups is 2. The molecule has 1 saturated heterocycles. The fourth-order valence-corrected chi connectivity index (χ4v) is 4.00. The van der Waals surface area contributed by atoms with E-state index in [2.05, 4.69) is 5.32 Å². The van der Waals surface area contributed by atoms with Crippen molar-refractivity contribution in [1.29, 1.82) is 0 Å². The maximum atomic E-state index is 12.8. The fourth-order valence-electron chi connectivity index (χ4n) is 3.51. The average molecular weight is 437 g/mol. The van der Waals surface area contributed by atoms with E-state index < -0.39 is 5.91 Å². The van der Waals surface area contributed by atoms with E-state index in [1.807, 2.05) is 12.1 Å². The van der Waals surface area contributed by atoms with E-state index in [4.69, 9.17) is 32.7 Å². The van der Waals surface area contributed by atoms with E-state index in [1.165, 1.54) is 12.1 Å². The number of carbonyl (C=O) groups excluding carboxylic acids is 2. The van der Waals surface area contributed by atoms with Gasteiger partial charge in [0.2, 0.25) is 5.91 Å². The molecule has 154 valence electrons. The highest BCUT2D eigenvalue weighted by Gasteiger charge is 2.32. The highest BCUT2D eigenvalue weighted by Crippen LogP contribution is 2.38. The van der Waals surface area contributed by atoms with Gasteiger partial charge < -0.3 is 19.7 Å². The first-order valence-corrected chi connectivity index (χ1v) is 9.95. The molecule has 2 amide bonds. The maximum Gasteiger partial charge on any atom is 0.253 e. The van der Waals surface area contributed by atoms with Crippen LogP contribution < -0.4 is 14.8 Å². The Morgan fingerprint density at radius 1 is 1.14 bits per heavy atom. The van der Waals surface area contributed by atoms with Crippen LogP contribution in [0, 0.1) is 0 Å². The summed E-state index contributed by atoms with van der Waals surface area (Å²) in [4.78, 5) is 27.0. The number of amides is 2. The number of ether oxygens (including phenoxy) is 2. The molecule has 0 saturated carbocycles. The third kappa shape index (κ3) is 4.77. The molecule has 2 aromatic carbocycles. The molecule has 0 bridgehead atoms. The molecule has 0 unspecified atom stereocenters. The summed E-state index contributed by atoms with van der Waals surface area (Å²) in [6.45, 7) is 0.503. The van der Waals surface area contributed by atoms with Crippen LogP contribution in [0.3, 0.4) is 0 Å². The summed E-state index contributed by atoms with van der Waals surface area (Å²) in [5.41, 5.74) is 1.20. The smallest absolute Gasteiger partial charge is 0.253 e. The monoisotopic (exact) mass is 436 g/mol. The minimum atomic E-state index is -0.419. The Labute approximate surface area is 179 Å². The van der Waals surface area contributed by atoms with Gasteiger partial charge in [-0.05, 0) is 43.2 Å².